The maximum Gasteiger partial charge on any atom is 0.349 e. The van der Waals surface area contributed by atoms with E-state index in [4.69, 9.17) is 9.47 Å². The van der Waals surface area contributed by atoms with E-state index in [0.717, 1.165) is 52.8 Å². The average molecular weight is 570 g/mol. The summed E-state index contributed by atoms with van der Waals surface area (Å²) < 4.78 is 13.2. The fourth-order valence-corrected chi connectivity index (χ4v) is 5.65. The number of aromatic amines is 1. The number of carbonyl (C=O) groups excluding carboxylic acids is 1. The quantitative estimate of drug-likeness (QED) is 0.468. The van der Waals surface area contributed by atoms with Gasteiger partial charge in [0.25, 0.3) is 11.5 Å². The molecule has 0 saturated carbocycles. The van der Waals surface area contributed by atoms with E-state index in [0.29, 0.717) is 28.9 Å². The van der Waals surface area contributed by atoms with E-state index in [1.54, 1.807) is 37.4 Å². The van der Waals surface area contributed by atoms with Crippen LogP contribution in [0.4, 0.5) is 0 Å². The highest BCUT2D eigenvalue weighted by Gasteiger charge is 2.35. The molecule has 37 heavy (non-hydrogen) atoms. The first-order chi connectivity index (χ1) is 17.7. The molecule has 1 unspecified atom stereocenters. The average Bonchev–Trinajstić information content (AvgIpc) is 2.87. The van der Waals surface area contributed by atoms with Gasteiger partial charge in [-0.25, -0.2) is 4.79 Å². The van der Waals surface area contributed by atoms with Gasteiger partial charge in [-0.05, 0) is 103 Å². The van der Waals surface area contributed by atoms with Crippen LogP contribution in [-0.4, -0.2) is 58.4 Å². The Hall–Kier alpha value is -3.44. The molecule has 3 fully saturated rings. The van der Waals surface area contributed by atoms with E-state index >= 15 is 0 Å². The molecule has 0 spiro atoms. The maximum absolute atomic E-state index is 13.0. The highest BCUT2D eigenvalue weighted by molar-refractivity contribution is 9.10. The van der Waals surface area contributed by atoms with Crippen molar-refractivity contribution < 1.29 is 14.3 Å². The fraction of sp³-hybridized carbons (Fsp3) is 0.385. The number of hydrogen-bond acceptors (Lipinski definition) is 7. The molecule has 1 atom stereocenters. The zero-order valence-electron chi connectivity index (χ0n) is 20.8. The number of methoxy groups -OCH3 is 1. The van der Waals surface area contributed by atoms with Gasteiger partial charge in [0.05, 0.1) is 17.3 Å². The third-order valence-corrected chi connectivity index (χ3v) is 7.67. The van der Waals surface area contributed by atoms with Crippen LogP contribution in [0.1, 0.15) is 34.5 Å². The molecule has 2 N–H and O–H groups in total. The van der Waals surface area contributed by atoms with Crippen molar-refractivity contribution in [1.29, 1.82) is 0 Å². The van der Waals surface area contributed by atoms with Gasteiger partial charge in [0, 0.05) is 12.6 Å². The Morgan fingerprint density at radius 2 is 1.84 bits per heavy atom. The van der Waals surface area contributed by atoms with Crippen LogP contribution in [0.15, 0.2) is 44.4 Å². The largest absolute Gasteiger partial charge is 0.496 e. The number of hydrogen-bond donors (Lipinski definition) is 2. The summed E-state index contributed by atoms with van der Waals surface area (Å²) in [4.78, 5) is 42.7. The zero-order valence-corrected chi connectivity index (χ0v) is 22.4. The highest BCUT2D eigenvalue weighted by Crippen LogP contribution is 2.34. The van der Waals surface area contributed by atoms with Crippen molar-refractivity contribution in [2.75, 3.05) is 26.7 Å². The Morgan fingerprint density at radius 1 is 1.14 bits per heavy atom. The topological polar surface area (TPSA) is 119 Å². The molecule has 11 heteroatoms. The van der Waals surface area contributed by atoms with E-state index < -0.39 is 17.2 Å². The monoisotopic (exact) mass is 569 g/mol. The van der Waals surface area contributed by atoms with Crippen molar-refractivity contribution in [3.63, 3.8) is 0 Å². The van der Waals surface area contributed by atoms with E-state index in [2.05, 4.69) is 36.2 Å². The maximum atomic E-state index is 13.0. The number of aryl methyl sites for hydroxylation is 2. The first-order valence-corrected chi connectivity index (χ1v) is 12.9. The number of carbonyl (C=O) groups is 1. The molecule has 3 aromatic rings. The lowest BCUT2D eigenvalue weighted by Crippen LogP contribution is -2.57. The van der Waals surface area contributed by atoms with Crippen LogP contribution >= 0.6 is 15.9 Å². The van der Waals surface area contributed by atoms with E-state index in [1.165, 1.54) is 0 Å². The third-order valence-electron chi connectivity index (χ3n) is 7.05. The minimum Gasteiger partial charge on any atom is -0.496 e. The number of amides is 1. The van der Waals surface area contributed by atoms with Crippen molar-refractivity contribution in [1.82, 2.24) is 25.0 Å². The molecule has 4 heterocycles. The Kier molecular flexibility index (Phi) is 6.91. The molecule has 6 rings (SSSR count). The molecule has 10 nitrogen and oxygen atoms in total. The predicted octanol–water partition coefficient (Wildman–Crippen LogP) is 2.93. The number of aromatic nitrogens is 3. The lowest BCUT2D eigenvalue weighted by Gasteiger charge is -2.44. The first-order valence-electron chi connectivity index (χ1n) is 12.1. The lowest BCUT2D eigenvalue weighted by atomic mass is 9.84. The Labute approximate surface area is 221 Å². The molecule has 0 radical (unpaired) electrons. The second kappa shape index (κ2) is 10.1. The summed E-state index contributed by atoms with van der Waals surface area (Å²) in [5.41, 5.74) is 0.0425. The number of piperidine rings is 3. The Morgan fingerprint density at radius 3 is 2.43 bits per heavy atom. The van der Waals surface area contributed by atoms with Gasteiger partial charge in [0.1, 0.15) is 17.2 Å². The number of rotatable bonds is 6. The predicted molar refractivity (Wildman–Crippen MR) is 141 cm³/mol. The van der Waals surface area contributed by atoms with Crippen molar-refractivity contribution in [3.05, 3.63) is 72.5 Å². The van der Waals surface area contributed by atoms with Crippen molar-refractivity contribution in [3.8, 4) is 22.9 Å². The normalized spacial score (nSPS) is 20.5. The van der Waals surface area contributed by atoms with Crippen LogP contribution in [0.2, 0.25) is 0 Å². The molecule has 2 aromatic carbocycles. The molecule has 194 valence electrons. The van der Waals surface area contributed by atoms with Crippen molar-refractivity contribution >= 4 is 21.8 Å². The van der Waals surface area contributed by atoms with Gasteiger partial charge in [0.2, 0.25) is 5.69 Å². The molecule has 0 aliphatic carbocycles. The smallest absolute Gasteiger partial charge is 0.349 e. The van der Waals surface area contributed by atoms with E-state index in [1.807, 2.05) is 13.8 Å². The number of halogens is 1. The molecule has 3 aliphatic rings. The van der Waals surface area contributed by atoms with Crippen LogP contribution in [0.5, 0.6) is 17.2 Å². The molecule has 3 saturated heterocycles. The summed E-state index contributed by atoms with van der Waals surface area (Å²) in [6, 6.07) is 8.82. The Balaban J connectivity index is 1.42. The summed E-state index contributed by atoms with van der Waals surface area (Å²) in [5.74, 6) is 1.74. The first kappa shape index (κ1) is 25.2. The van der Waals surface area contributed by atoms with Crippen LogP contribution in [0.25, 0.3) is 5.69 Å². The number of fused-ring (bicyclic) bond motifs is 3. The number of nitrogens with zero attached hydrogens (tertiary/aromatic N) is 3. The van der Waals surface area contributed by atoms with Gasteiger partial charge >= 0.3 is 5.69 Å². The minimum absolute atomic E-state index is 0.0320. The van der Waals surface area contributed by atoms with Crippen molar-refractivity contribution in [2.24, 2.45) is 5.92 Å². The molecule has 1 aromatic heterocycles. The van der Waals surface area contributed by atoms with Crippen LogP contribution < -0.4 is 26.0 Å². The van der Waals surface area contributed by atoms with Gasteiger partial charge in [-0.15, -0.1) is 0 Å². The number of H-pyrrole nitrogens is 1. The summed E-state index contributed by atoms with van der Waals surface area (Å²) >= 11 is 3.46. The van der Waals surface area contributed by atoms with E-state index in [-0.39, 0.29) is 11.7 Å². The van der Waals surface area contributed by atoms with Crippen LogP contribution in [-0.2, 0) is 0 Å². The second-order valence-corrected chi connectivity index (χ2v) is 10.4. The molecule has 3 aliphatic heterocycles. The molecule has 1 amide bonds. The summed E-state index contributed by atoms with van der Waals surface area (Å²) in [5, 5.41) is 7.14. The van der Waals surface area contributed by atoms with Crippen LogP contribution in [0, 0.1) is 19.8 Å². The molecular formula is C26H28BrN5O5. The SMILES string of the molecule is COc1ccc(Oc2c(C)cc(-n3nc(C(=O)NC4CN5CCC4CC5)c(=O)[nH]c3=O)cc2C)cc1Br. The van der Waals surface area contributed by atoms with Gasteiger partial charge in [-0.2, -0.15) is 9.78 Å². The number of benzene rings is 2. The van der Waals surface area contributed by atoms with Crippen molar-refractivity contribution in [2.45, 2.75) is 32.7 Å². The number of nitrogens with one attached hydrogen (secondary N) is 2. The molecule has 2 bridgehead atoms. The number of ether oxygens (including phenoxy) is 2. The van der Waals surface area contributed by atoms with Gasteiger partial charge in [0.15, 0.2) is 0 Å². The standard InChI is InChI=1S/C26H28BrN5O5/c1-14-10-17(11-15(2)23(14)37-18-4-5-21(36-3)19(27)12-18)32-26(35)29-25(34)22(30-32)24(33)28-20-13-31-8-6-16(20)7-9-31/h4-5,10-12,16,20H,6-9,13H2,1-3H3,(H,28,33)(H,29,34,35). The second-order valence-electron chi connectivity index (χ2n) is 9.54. The summed E-state index contributed by atoms with van der Waals surface area (Å²) in [6.07, 6.45) is 2.05. The Bertz CT molecular complexity index is 1450. The van der Waals surface area contributed by atoms with E-state index in [9.17, 15) is 14.4 Å². The van der Waals surface area contributed by atoms with Crippen LogP contribution in [0.3, 0.4) is 0 Å². The molecular weight excluding hydrogens is 542 g/mol. The lowest BCUT2D eigenvalue weighted by molar-refractivity contribution is 0.0615. The fourth-order valence-electron chi connectivity index (χ4n) is 5.13. The summed E-state index contributed by atoms with van der Waals surface area (Å²) in [6.45, 7) is 6.53. The van der Waals surface area contributed by atoms with Gasteiger partial charge in [-0.1, -0.05) is 0 Å². The third kappa shape index (κ3) is 5.05. The highest BCUT2D eigenvalue weighted by atomic mass is 79.9. The zero-order chi connectivity index (χ0) is 26.3. The summed E-state index contributed by atoms with van der Waals surface area (Å²) in [7, 11) is 1.59. The minimum atomic E-state index is -0.807. The van der Waals surface area contributed by atoms with Gasteiger partial charge < -0.3 is 19.7 Å². The van der Waals surface area contributed by atoms with Gasteiger partial charge in [-0.3, -0.25) is 14.6 Å².